The van der Waals surface area contributed by atoms with Gasteiger partial charge < -0.3 is 0 Å². The minimum Gasteiger partial charge on any atom is -0.286 e. The molecule has 0 N–H and O–H groups in total. The van der Waals surface area contributed by atoms with Gasteiger partial charge in [-0.2, -0.15) is 0 Å². The first-order valence-corrected chi connectivity index (χ1v) is 9.16. The molecule has 2 rings (SSSR count). The lowest BCUT2D eigenvalue weighted by atomic mass is 10.2. The fourth-order valence-electron chi connectivity index (χ4n) is 2.53. The predicted molar refractivity (Wildman–Crippen MR) is 100 cm³/mol. The summed E-state index contributed by atoms with van der Waals surface area (Å²) < 4.78 is 0. The molecule has 2 amide bonds. The van der Waals surface area contributed by atoms with E-state index in [0.717, 1.165) is 43.3 Å². The topological polar surface area (TPSA) is 40.6 Å². The Balaban J connectivity index is 2.02. The van der Waals surface area contributed by atoms with Crippen molar-refractivity contribution in [3.8, 4) is 0 Å². The van der Waals surface area contributed by atoms with Crippen molar-refractivity contribution in [3.05, 3.63) is 53.0 Å². The summed E-state index contributed by atoms with van der Waals surface area (Å²) in [5, 5.41) is -0.184. The second-order valence-electron chi connectivity index (χ2n) is 5.66. The van der Waals surface area contributed by atoms with Gasteiger partial charge in [-0.1, -0.05) is 56.3 Å². The van der Waals surface area contributed by atoms with E-state index in [0.29, 0.717) is 11.6 Å². The van der Waals surface area contributed by atoms with Crippen LogP contribution in [0.4, 0.5) is 4.79 Å². The summed E-state index contributed by atoms with van der Waals surface area (Å²) in [5.41, 5.74) is 1.06. The van der Waals surface area contributed by atoms with Gasteiger partial charge >= 0.3 is 0 Å². The molecule has 5 heteroatoms. The summed E-state index contributed by atoms with van der Waals surface area (Å²) in [6.07, 6.45) is 7.48. The predicted octanol–water partition coefficient (Wildman–Crippen LogP) is 4.36. The summed E-state index contributed by atoms with van der Waals surface area (Å²) in [5.74, 6) is -0.195. The number of benzene rings is 1. The van der Waals surface area contributed by atoms with Crippen LogP contribution in [0.25, 0.3) is 6.08 Å². The molecule has 0 aromatic heterocycles. The highest BCUT2D eigenvalue weighted by Gasteiger charge is 2.35. The molecule has 1 aromatic carbocycles. The highest BCUT2D eigenvalue weighted by molar-refractivity contribution is 8.18. The van der Waals surface area contributed by atoms with Crippen LogP contribution in [0.3, 0.4) is 0 Å². The molecule has 1 fully saturated rings. The van der Waals surface area contributed by atoms with Crippen LogP contribution in [0, 0.1) is 0 Å². The van der Waals surface area contributed by atoms with Crippen LogP contribution in [-0.4, -0.2) is 40.7 Å². The van der Waals surface area contributed by atoms with Crippen LogP contribution in [-0.2, 0) is 4.79 Å². The molecule has 0 saturated carbocycles. The second kappa shape index (κ2) is 9.45. The lowest BCUT2D eigenvalue weighted by Gasteiger charge is -2.25. The Bertz CT molecular complexity index is 620. The average Bonchev–Trinajstić information content (AvgIpc) is 2.84. The van der Waals surface area contributed by atoms with Crippen molar-refractivity contribution in [1.82, 2.24) is 9.80 Å². The summed E-state index contributed by atoms with van der Waals surface area (Å²) in [6.45, 7) is 6.37. The Labute approximate surface area is 148 Å². The number of hydrogen-bond acceptors (Lipinski definition) is 4. The number of carbonyl (C=O) groups excluding carboxylic acids is 2. The van der Waals surface area contributed by atoms with Crippen molar-refractivity contribution in [3.63, 3.8) is 0 Å². The molecule has 128 valence electrons. The zero-order valence-electron chi connectivity index (χ0n) is 14.3. The van der Waals surface area contributed by atoms with E-state index in [4.69, 9.17) is 0 Å². The highest BCUT2D eigenvalue weighted by atomic mass is 32.2. The first-order valence-electron chi connectivity index (χ1n) is 8.35. The standard InChI is InChI=1S/C19H24N2O2S/c1-3-13-20(14-4-2)15-21-18(22)17(24-19(21)23)12-8-11-16-9-6-5-7-10-16/h5-12H,3-4,13-15H2,1-2H3/b11-8+,17-12+. The van der Waals surface area contributed by atoms with E-state index < -0.39 is 0 Å². The van der Waals surface area contributed by atoms with Crippen molar-refractivity contribution in [2.75, 3.05) is 19.8 Å². The third-order valence-electron chi connectivity index (χ3n) is 3.63. The molecule has 1 saturated heterocycles. The lowest BCUT2D eigenvalue weighted by Crippen LogP contribution is -2.41. The number of imide groups is 1. The Morgan fingerprint density at radius 3 is 2.38 bits per heavy atom. The van der Waals surface area contributed by atoms with Crippen molar-refractivity contribution < 1.29 is 9.59 Å². The van der Waals surface area contributed by atoms with Gasteiger partial charge in [0.1, 0.15) is 0 Å². The van der Waals surface area contributed by atoms with Crippen LogP contribution >= 0.6 is 11.8 Å². The van der Waals surface area contributed by atoms with Gasteiger partial charge in [-0.25, -0.2) is 0 Å². The van der Waals surface area contributed by atoms with Gasteiger partial charge in [-0.15, -0.1) is 0 Å². The summed E-state index contributed by atoms with van der Waals surface area (Å²) >= 11 is 1.02. The first-order chi connectivity index (χ1) is 11.7. The maximum Gasteiger partial charge on any atom is 0.294 e. The van der Waals surface area contributed by atoms with E-state index in [2.05, 4.69) is 18.7 Å². The van der Waals surface area contributed by atoms with Gasteiger partial charge in [0.2, 0.25) is 0 Å². The third kappa shape index (κ3) is 5.08. The monoisotopic (exact) mass is 344 g/mol. The minimum atomic E-state index is -0.195. The van der Waals surface area contributed by atoms with Crippen LogP contribution < -0.4 is 0 Å². The van der Waals surface area contributed by atoms with Gasteiger partial charge in [0.15, 0.2) is 0 Å². The Hall–Kier alpha value is -1.85. The van der Waals surface area contributed by atoms with Crippen LogP contribution in [0.5, 0.6) is 0 Å². The second-order valence-corrected chi connectivity index (χ2v) is 6.65. The third-order valence-corrected chi connectivity index (χ3v) is 4.56. The van der Waals surface area contributed by atoms with E-state index in [1.165, 1.54) is 4.90 Å². The minimum absolute atomic E-state index is 0.184. The lowest BCUT2D eigenvalue weighted by molar-refractivity contribution is -0.124. The normalized spacial score (nSPS) is 17.0. The van der Waals surface area contributed by atoms with Crippen LogP contribution in [0.15, 0.2) is 47.4 Å². The summed E-state index contributed by atoms with van der Waals surface area (Å²) in [7, 11) is 0. The van der Waals surface area contributed by atoms with Crippen LogP contribution in [0.2, 0.25) is 0 Å². The molecule has 0 bridgehead atoms. The molecule has 1 aromatic rings. The number of amides is 2. The van der Waals surface area contributed by atoms with Crippen molar-refractivity contribution in [2.24, 2.45) is 0 Å². The maximum absolute atomic E-state index is 12.5. The SMILES string of the molecule is CCCN(CCC)CN1C(=O)S/C(=C/C=C/c2ccccc2)C1=O. The van der Waals surface area contributed by atoms with E-state index >= 15 is 0 Å². The number of thioether (sulfide) groups is 1. The van der Waals surface area contributed by atoms with Gasteiger partial charge in [-0.3, -0.25) is 19.4 Å². The largest absolute Gasteiger partial charge is 0.294 e. The van der Waals surface area contributed by atoms with Crippen molar-refractivity contribution in [1.29, 1.82) is 0 Å². The summed E-state index contributed by atoms with van der Waals surface area (Å²) in [6, 6.07) is 9.86. The number of carbonyl (C=O) groups is 2. The molecular weight excluding hydrogens is 320 g/mol. The zero-order chi connectivity index (χ0) is 17.4. The average molecular weight is 344 g/mol. The molecule has 24 heavy (non-hydrogen) atoms. The molecule has 0 unspecified atom stereocenters. The number of hydrogen-bond donors (Lipinski definition) is 0. The Morgan fingerprint density at radius 2 is 1.75 bits per heavy atom. The molecule has 0 spiro atoms. The maximum atomic E-state index is 12.5. The van der Waals surface area contributed by atoms with E-state index in [9.17, 15) is 9.59 Å². The molecule has 0 radical (unpaired) electrons. The van der Waals surface area contributed by atoms with Crippen molar-refractivity contribution >= 4 is 29.0 Å². The molecular formula is C19H24N2O2S. The van der Waals surface area contributed by atoms with Crippen LogP contribution in [0.1, 0.15) is 32.3 Å². The van der Waals surface area contributed by atoms with E-state index in [1.807, 2.05) is 42.5 Å². The molecule has 1 heterocycles. The zero-order valence-corrected chi connectivity index (χ0v) is 15.1. The number of nitrogens with zero attached hydrogens (tertiary/aromatic N) is 2. The molecule has 0 aliphatic carbocycles. The fourth-order valence-corrected chi connectivity index (χ4v) is 3.32. The Morgan fingerprint density at radius 1 is 1.08 bits per heavy atom. The van der Waals surface area contributed by atoms with Gasteiger partial charge in [0.25, 0.3) is 11.1 Å². The smallest absolute Gasteiger partial charge is 0.286 e. The molecule has 1 aliphatic rings. The van der Waals surface area contributed by atoms with Crippen molar-refractivity contribution in [2.45, 2.75) is 26.7 Å². The van der Waals surface area contributed by atoms with Gasteiger partial charge in [0, 0.05) is 0 Å². The first kappa shape index (κ1) is 18.5. The fraction of sp³-hybridized carbons (Fsp3) is 0.368. The quantitative estimate of drug-likeness (QED) is 0.657. The molecule has 0 atom stereocenters. The number of allylic oxidation sites excluding steroid dienone is 2. The van der Waals surface area contributed by atoms with E-state index in [1.54, 1.807) is 6.08 Å². The van der Waals surface area contributed by atoms with Gasteiger partial charge in [0.05, 0.1) is 11.6 Å². The van der Waals surface area contributed by atoms with Gasteiger partial charge in [-0.05, 0) is 49.3 Å². The molecule has 1 aliphatic heterocycles. The Kier molecular flexibility index (Phi) is 7.28. The molecule has 4 nitrogen and oxygen atoms in total. The van der Waals surface area contributed by atoms with E-state index in [-0.39, 0.29) is 11.1 Å². The number of rotatable bonds is 8. The highest BCUT2D eigenvalue weighted by Crippen LogP contribution is 2.30. The summed E-state index contributed by atoms with van der Waals surface area (Å²) in [4.78, 5) is 28.6.